The van der Waals surface area contributed by atoms with Gasteiger partial charge < -0.3 is 14.0 Å². The zero-order valence-electron chi connectivity index (χ0n) is 15.6. The van der Waals surface area contributed by atoms with E-state index in [1.54, 1.807) is 43.7 Å². The molecule has 0 atom stereocenters. The molecule has 3 rings (SSSR count). The monoisotopic (exact) mass is 411 g/mol. The molecular weight excluding hydrogens is 395 g/mol. The molecule has 0 saturated heterocycles. The predicted octanol–water partition coefficient (Wildman–Crippen LogP) is 4.88. The molecule has 28 heavy (non-hydrogen) atoms. The molecule has 0 N–H and O–H groups in total. The smallest absolute Gasteiger partial charge is 0.192 e. The van der Waals surface area contributed by atoms with Gasteiger partial charge in [0.1, 0.15) is 11.6 Å². The minimum atomic E-state index is -1.29. The van der Waals surface area contributed by atoms with Gasteiger partial charge in [0.2, 0.25) is 0 Å². The molecule has 0 bridgehead atoms. The van der Waals surface area contributed by atoms with Crippen molar-refractivity contribution in [2.45, 2.75) is 19.4 Å². The van der Waals surface area contributed by atoms with Crippen LogP contribution in [0.25, 0.3) is 11.4 Å². The Kier molecular flexibility index (Phi) is 5.25. The van der Waals surface area contributed by atoms with Crippen molar-refractivity contribution >= 4 is 11.6 Å². The second kappa shape index (κ2) is 7.35. The van der Waals surface area contributed by atoms with Crippen molar-refractivity contribution in [3.8, 4) is 22.9 Å². The Bertz CT molecular complexity index is 1010. The van der Waals surface area contributed by atoms with Crippen molar-refractivity contribution in [2.75, 3.05) is 7.11 Å². The zero-order chi connectivity index (χ0) is 20.6. The van der Waals surface area contributed by atoms with Crippen LogP contribution in [0.5, 0.6) is 11.5 Å². The molecule has 0 amide bonds. The predicted molar refractivity (Wildman–Crippen MR) is 98.0 cm³/mol. The first-order valence-electron chi connectivity index (χ1n) is 8.21. The van der Waals surface area contributed by atoms with Gasteiger partial charge in [-0.2, -0.15) is 0 Å². The highest BCUT2D eigenvalue weighted by atomic mass is 35.5. The Hall–Kier alpha value is -2.74. The summed E-state index contributed by atoms with van der Waals surface area (Å²) in [5, 5.41) is 8.74. The Morgan fingerprint density at radius 3 is 2.29 bits per heavy atom. The van der Waals surface area contributed by atoms with Crippen molar-refractivity contribution in [3.63, 3.8) is 0 Å². The summed E-state index contributed by atoms with van der Waals surface area (Å²) >= 11 is 6.08. The van der Waals surface area contributed by atoms with Gasteiger partial charge in [0.15, 0.2) is 34.6 Å². The van der Waals surface area contributed by atoms with Crippen LogP contribution in [-0.4, -0.2) is 21.9 Å². The summed E-state index contributed by atoms with van der Waals surface area (Å²) in [7, 11) is 3.19. The van der Waals surface area contributed by atoms with Gasteiger partial charge in [0.25, 0.3) is 0 Å². The summed E-state index contributed by atoms with van der Waals surface area (Å²) in [5.41, 5.74) is -0.697. The van der Waals surface area contributed by atoms with E-state index in [-0.39, 0.29) is 5.82 Å². The van der Waals surface area contributed by atoms with Crippen molar-refractivity contribution in [2.24, 2.45) is 7.05 Å². The quantitative estimate of drug-likeness (QED) is 0.600. The fourth-order valence-corrected chi connectivity index (χ4v) is 3.04. The summed E-state index contributed by atoms with van der Waals surface area (Å²) in [5.74, 6) is -2.79. The largest absolute Gasteiger partial charge is 0.496 e. The van der Waals surface area contributed by atoms with E-state index in [1.807, 2.05) is 0 Å². The number of benzene rings is 2. The highest BCUT2D eigenvalue weighted by molar-refractivity contribution is 6.30. The molecule has 0 aliphatic carbocycles. The van der Waals surface area contributed by atoms with Crippen LogP contribution < -0.4 is 9.47 Å². The van der Waals surface area contributed by atoms with Crippen molar-refractivity contribution in [1.82, 2.24) is 14.8 Å². The van der Waals surface area contributed by atoms with Crippen molar-refractivity contribution in [1.29, 1.82) is 0 Å². The van der Waals surface area contributed by atoms with Crippen LogP contribution in [0.4, 0.5) is 13.2 Å². The van der Waals surface area contributed by atoms with Crippen LogP contribution in [0.3, 0.4) is 0 Å². The van der Waals surface area contributed by atoms with Gasteiger partial charge >= 0.3 is 0 Å². The van der Waals surface area contributed by atoms with Gasteiger partial charge in [-0.3, -0.25) is 0 Å². The lowest BCUT2D eigenvalue weighted by Gasteiger charge is -2.26. The molecule has 0 unspecified atom stereocenters. The topological polar surface area (TPSA) is 49.2 Å². The van der Waals surface area contributed by atoms with Crippen molar-refractivity contribution < 1.29 is 22.6 Å². The Labute approximate surface area is 164 Å². The van der Waals surface area contributed by atoms with E-state index in [1.165, 1.54) is 7.11 Å². The number of halogens is 4. The van der Waals surface area contributed by atoms with Gasteiger partial charge in [-0.25, -0.2) is 13.2 Å². The van der Waals surface area contributed by atoms with E-state index in [2.05, 4.69) is 10.2 Å². The van der Waals surface area contributed by atoms with E-state index in [9.17, 15) is 13.2 Å². The second-order valence-corrected chi connectivity index (χ2v) is 7.00. The Balaban J connectivity index is 2.03. The molecule has 0 radical (unpaired) electrons. The highest BCUT2D eigenvalue weighted by Crippen LogP contribution is 2.35. The molecule has 3 aromatic rings. The van der Waals surface area contributed by atoms with Crippen LogP contribution in [0.1, 0.15) is 19.7 Å². The van der Waals surface area contributed by atoms with E-state index >= 15 is 0 Å². The SMILES string of the molecule is COc1ccc(Cl)cc1-c1nnc(C(C)(C)Oc2c(F)cc(F)cc2F)n1C. The molecule has 1 aromatic heterocycles. The summed E-state index contributed by atoms with van der Waals surface area (Å²) in [6.45, 7) is 3.14. The van der Waals surface area contributed by atoms with Crippen molar-refractivity contribution in [3.05, 3.63) is 58.6 Å². The van der Waals surface area contributed by atoms with Gasteiger partial charge in [0, 0.05) is 24.2 Å². The van der Waals surface area contributed by atoms with Gasteiger partial charge in [-0.1, -0.05) is 11.6 Å². The third-order valence-electron chi connectivity index (χ3n) is 4.14. The number of hydrogen-bond acceptors (Lipinski definition) is 4. The number of ether oxygens (including phenoxy) is 2. The second-order valence-electron chi connectivity index (χ2n) is 6.56. The summed E-state index contributed by atoms with van der Waals surface area (Å²) < 4.78 is 53.6. The fraction of sp³-hybridized carbons (Fsp3) is 0.263. The van der Waals surface area contributed by atoms with E-state index in [0.717, 1.165) is 0 Å². The van der Waals surface area contributed by atoms with Crippen LogP contribution in [0, 0.1) is 17.5 Å². The molecule has 0 fully saturated rings. The molecule has 0 spiro atoms. The first kappa shape index (κ1) is 20.0. The Morgan fingerprint density at radius 1 is 1.04 bits per heavy atom. The molecule has 148 valence electrons. The average Bonchev–Trinajstić information content (AvgIpc) is 3.00. The van der Waals surface area contributed by atoms with E-state index in [4.69, 9.17) is 21.1 Å². The van der Waals surface area contributed by atoms with E-state index in [0.29, 0.717) is 34.3 Å². The minimum Gasteiger partial charge on any atom is -0.496 e. The highest BCUT2D eigenvalue weighted by Gasteiger charge is 2.32. The lowest BCUT2D eigenvalue weighted by atomic mass is 10.1. The molecule has 2 aromatic carbocycles. The van der Waals surface area contributed by atoms with Gasteiger partial charge in [-0.15, -0.1) is 10.2 Å². The van der Waals surface area contributed by atoms with Crippen LogP contribution in [0.15, 0.2) is 30.3 Å². The van der Waals surface area contributed by atoms with E-state index < -0.39 is 28.8 Å². The molecule has 0 saturated carbocycles. The number of nitrogens with zero attached hydrogens (tertiary/aromatic N) is 3. The Morgan fingerprint density at radius 2 is 1.68 bits per heavy atom. The van der Waals surface area contributed by atoms with Crippen LogP contribution in [0.2, 0.25) is 5.02 Å². The summed E-state index contributed by atoms with van der Waals surface area (Å²) in [6, 6.07) is 6.13. The lowest BCUT2D eigenvalue weighted by Crippen LogP contribution is -2.30. The maximum Gasteiger partial charge on any atom is 0.192 e. The molecular formula is C19H17ClF3N3O2. The number of methoxy groups -OCH3 is 1. The minimum absolute atomic E-state index is 0.285. The fourth-order valence-electron chi connectivity index (χ4n) is 2.87. The molecule has 5 nitrogen and oxygen atoms in total. The average molecular weight is 412 g/mol. The van der Waals surface area contributed by atoms with Gasteiger partial charge in [0.05, 0.1) is 12.7 Å². The number of hydrogen-bond donors (Lipinski definition) is 0. The number of rotatable bonds is 5. The third-order valence-corrected chi connectivity index (χ3v) is 4.37. The first-order valence-corrected chi connectivity index (χ1v) is 8.59. The summed E-state index contributed by atoms with van der Waals surface area (Å²) in [6.07, 6.45) is 0. The summed E-state index contributed by atoms with van der Waals surface area (Å²) in [4.78, 5) is 0. The molecule has 0 aliphatic heterocycles. The third kappa shape index (κ3) is 3.64. The lowest BCUT2D eigenvalue weighted by molar-refractivity contribution is 0.0833. The van der Waals surface area contributed by atoms with Gasteiger partial charge in [-0.05, 0) is 32.0 Å². The van der Waals surface area contributed by atoms with Crippen LogP contribution >= 0.6 is 11.6 Å². The molecule has 1 heterocycles. The maximum absolute atomic E-state index is 14.0. The maximum atomic E-state index is 14.0. The number of aromatic nitrogens is 3. The standard InChI is InChI=1S/C19H17ClF3N3O2/c1-19(2,28-16-13(22)8-11(21)9-14(16)23)18-25-24-17(26(18)3)12-7-10(20)5-6-15(12)27-4/h5-9H,1-4H3. The zero-order valence-corrected chi connectivity index (χ0v) is 16.3. The normalized spacial score (nSPS) is 11.6. The first-order chi connectivity index (χ1) is 13.1. The molecule has 0 aliphatic rings. The molecule has 9 heteroatoms. The van der Waals surface area contributed by atoms with Crippen LogP contribution in [-0.2, 0) is 12.6 Å².